The molecule has 0 spiro atoms. The van der Waals surface area contributed by atoms with E-state index in [0.29, 0.717) is 0 Å². The summed E-state index contributed by atoms with van der Waals surface area (Å²) in [6, 6.07) is 8.21. The predicted molar refractivity (Wildman–Crippen MR) is 69.9 cm³/mol. The Kier molecular flexibility index (Phi) is 3.52. The van der Waals surface area contributed by atoms with E-state index in [9.17, 15) is 15.2 Å². The Morgan fingerprint density at radius 2 is 2.00 bits per heavy atom. The van der Waals surface area contributed by atoms with E-state index in [0.717, 1.165) is 16.8 Å². The number of anilines is 1. The van der Waals surface area contributed by atoms with Gasteiger partial charge in [0.1, 0.15) is 4.92 Å². The maximum Gasteiger partial charge on any atom is 0.433 e. The lowest BCUT2D eigenvalue weighted by molar-refractivity contribution is -0.402. The zero-order chi connectivity index (χ0) is 14.0. The lowest BCUT2D eigenvalue weighted by Crippen LogP contribution is -2.08. The number of nitro groups is 1. The molecule has 0 saturated heterocycles. The summed E-state index contributed by atoms with van der Waals surface area (Å²) in [4.78, 5) is 9.84. The zero-order valence-corrected chi connectivity index (χ0v) is 10.6. The molecule has 1 heterocycles. The molecule has 0 fully saturated rings. The number of furan rings is 1. The van der Waals surface area contributed by atoms with Crippen LogP contribution in [0.15, 0.2) is 34.7 Å². The van der Waals surface area contributed by atoms with Crippen LogP contribution in [0.2, 0.25) is 0 Å². The van der Waals surface area contributed by atoms with Crippen molar-refractivity contribution in [2.75, 3.05) is 5.32 Å². The first kappa shape index (κ1) is 13.1. The summed E-state index contributed by atoms with van der Waals surface area (Å²) in [5, 5.41) is 23.2. The van der Waals surface area contributed by atoms with Gasteiger partial charge >= 0.3 is 5.88 Å². The van der Waals surface area contributed by atoms with Gasteiger partial charge in [0.05, 0.1) is 6.07 Å². The van der Waals surface area contributed by atoms with Gasteiger partial charge in [0.25, 0.3) is 0 Å². The van der Waals surface area contributed by atoms with Crippen molar-refractivity contribution in [1.82, 2.24) is 0 Å². The summed E-state index contributed by atoms with van der Waals surface area (Å²) in [5.74, 6) is -0.291. The van der Waals surface area contributed by atoms with Crippen LogP contribution >= 0.6 is 0 Å². The minimum atomic E-state index is -1.13. The number of benzene rings is 1. The van der Waals surface area contributed by atoms with Crippen molar-refractivity contribution in [1.29, 1.82) is 0 Å². The van der Waals surface area contributed by atoms with Crippen molar-refractivity contribution < 1.29 is 14.4 Å². The van der Waals surface area contributed by atoms with Gasteiger partial charge < -0.3 is 14.8 Å². The molecule has 19 heavy (non-hydrogen) atoms. The number of nitrogens with one attached hydrogen (secondary N) is 1. The van der Waals surface area contributed by atoms with Crippen LogP contribution in [0.25, 0.3) is 0 Å². The number of hydrogen-bond acceptors (Lipinski definition) is 5. The molecule has 0 aliphatic heterocycles. The Bertz CT molecular complexity index is 606. The topological polar surface area (TPSA) is 88.5 Å². The van der Waals surface area contributed by atoms with Gasteiger partial charge in [-0.25, -0.2) is 0 Å². The fourth-order valence-corrected chi connectivity index (χ4v) is 1.65. The molecule has 0 aliphatic rings. The Labute approximate surface area is 109 Å². The third-order valence-electron chi connectivity index (χ3n) is 2.87. The number of rotatable bonds is 4. The average Bonchev–Trinajstić information content (AvgIpc) is 2.83. The van der Waals surface area contributed by atoms with Crippen LogP contribution in [0.3, 0.4) is 0 Å². The molecule has 1 unspecified atom stereocenters. The fraction of sp³-hybridized carbons (Fsp3) is 0.231. The van der Waals surface area contributed by atoms with Crippen LogP contribution in [-0.4, -0.2) is 10.0 Å². The lowest BCUT2D eigenvalue weighted by atomic mass is 10.1. The molecule has 2 aromatic rings. The minimum Gasteiger partial charge on any atom is -0.401 e. The van der Waals surface area contributed by atoms with Crippen molar-refractivity contribution in [3.63, 3.8) is 0 Å². The lowest BCUT2D eigenvalue weighted by Gasteiger charge is -2.12. The van der Waals surface area contributed by atoms with Crippen molar-refractivity contribution in [2.24, 2.45) is 0 Å². The largest absolute Gasteiger partial charge is 0.433 e. The first-order chi connectivity index (χ1) is 8.97. The third kappa shape index (κ3) is 2.92. The highest BCUT2D eigenvalue weighted by Crippen LogP contribution is 2.24. The van der Waals surface area contributed by atoms with E-state index in [1.165, 1.54) is 12.1 Å². The van der Waals surface area contributed by atoms with E-state index in [2.05, 4.69) is 5.32 Å². The summed E-state index contributed by atoms with van der Waals surface area (Å²) < 4.78 is 4.92. The molecule has 1 aromatic carbocycles. The number of hydrogen-bond donors (Lipinski definition) is 2. The number of aliphatic hydroxyl groups is 1. The molecule has 0 saturated carbocycles. The summed E-state index contributed by atoms with van der Waals surface area (Å²) in [7, 11) is 0. The third-order valence-corrected chi connectivity index (χ3v) is 2.87. The standard InChI is InChI=1S/C13H14N2O4/c1-8-3-4-10(7-9(8)2)14-13(16)11-5-6-12(19-11)15(17)18/h3-7,13-14,16H,1-2H3. The van der Waals surface area contributed by atoms with Crippen LogP contribution in [0, 0.1) is 24.0 Å². The Hall–Kier alpha value is -2.34. The average molecular weight is 262 g/mol. The molecule has 0 aliphatic carbocycles. The Balaban J connectivity index is 2.13. The van der Waals surface area contributed by atoms with E-state index in [1.807, 2.05) is 32.0 Å². The maximum atomic E-state index is 10.5. The highest BCUT2D eigenvalue weighted by Gasteiger charge is 2.17. The second-order valence-corrected chi connectivity index (χ2v) is 4.28. The minimum absolute atomic E-state index is 0.102. The number of nitrogens with zero attached hydrogens (tertiary/aromatic N) is 1. The van der Waals surface area contributed by atoms with E-state index in [1.54, 1.807) is 0 Å². The van der Waals surface area contributed by atoms with Crippen LogP contribution in [-0.2, 0) is 0 Å². The van der Waals surface area contributed by atoms with Gasteiger partial charge in [0.2, 0.25) is 0 Å². The van der Waals surface area contributed by atoms with Crippen molar-refractivity contribution in [3.05, 3.63) is 57.3 Å². The molecule has 1 atom stereocenters. The van der Waals surface area contributed by atoms with Gasteiger partial charge in [-0.2, -0.15) is 0 Å². The van der Waals surface area contributed by atoms with Gasteiger partial charge in [0.15, 0.2) is 12.0 Å². The molecular formula is C13H14N2O4. The Morgan fingerprint density at radius 1 is 1.26 bits per heavy atom. The summed E-state index contributed by atoms with van der Waals surface area (Å²) in [5.41, 5.74) is 2.95. The highest BCUT2D eigenvalue weighted by molar-refractivity contribution is 5.48. The zero-order valence-electron chi connectivity index (χ0n) is 10.6. The van der Waals surface area contributed by atoms with E-state index in [-0.39, 0.29) is 5.76 Å². The molecule has 6 heteroatoms. The van der Waals surface area contributed by atoms with Crippen LogP contribution in [0.4, 0.5) is 11.6 Å². The van der Waals surface area contributed by atoms with Gasteiger partial charge in [-0.15, -0.1) is 0 Å². The van der Waals surface area contributed by atoms with E-state index in [4.69, 9.17) is 4.42 Å². The van der Waals surface area contributed by atoms with E-state index >= 15 is 0 Å². The molecule has 6 nitrogen and oxygen atoms in total. The molecule has 2 N–H and O–H groups in total. The first-order valence-corrected chi connectivity index (χ1v) is 5.73. The molecular weight excluding hydrogens is 248 g/mol. The number of aryl methyl sites for hydroxylation is 2. The second kappa shape index (κ2) is 5.11. The molecule has 2 rings (SSSR count). The predicted octanol–water partition coefficient (Wildman–Crippen LogP) is 2.91. The second-order valence-electron chi connectivity index (χ2n) is 4.28. The summed E-state index contributed by atoms with van der Waals surface area (Å²) >= 11 is 0. The van der Waals surface area contributed by atoms with E-state index < -0.39 is 17.0 Å². The van der Waals surface area contributed by atoms with Crippen LogP contribution < -0.4 is 5.32 Å². The van der Waals surface area contributed by atoms with Crippen molar-refractivity contribution >= 4 is 11.6 Å². The van der Waals surface area contributed by atoms with Gasteiger partial charge in [0, 0.05) is 5.69 Å². The van der Waals surface area contributed by atoms with Gasteiger partial charge in [-0.05, 0) is 43.2 Å². The normalized spacial score (nSPS) is 12.2. The SMILES string of the molecule is Cc1ccc(NC(O)c2ccc([N+](=O)[O-])o2)cc1C. The molecule has 1 aromatic heterocycles. The Morgan fingerprint density at radius 3 is 2.58 bits per heavy atom. The maximum absolute atomic E-state index is 10.5. The molecule has 100 valence electrons. The molecule has 0 radical (unpaired) electrons. The highest BCUT2D eigenvalue weighted by atomic mass is 16.6. The van der Waals surface area contributed by atoms with Crippen molar-refractivity contribution in [2.45, 2.75) is 20.1 Å². The van der Waals surface area contributed by atoms with Crippen molar-refractivity contribution in [3.8, 4) is 0 Å². The summed E-state index contributed by atoms with van der Waals surface area (Å²) in [6.07, 6.45) is -1.13. The summed E-state index contributed by atoms with van der Waals surface area (Å²) in [6.45, 7) is 3.95. The quantitative estimate of drug-likeness (QED) is 0.502. The smallest absolute Gasteiger partial charge is 0.401 e. The first-order valence-electron chi connectivity index (χ1n) is 5.73. The number of aliphatic hydroxyl groups excluding tert-OH is 1. The van der Waals surface area contributed by atoms with Crippen LogP contribution in [0.1, 0.15) is 23.1 Å². The fourth-order valence-electron chi connectivity index (χ4n) is 1.65. The van der Waals surface area contributed by atoms with Crippen LogP contribution in [0.5, 0.6) is 0 Å². The monoisotopic (exact) mass is 262 g/mol. The molecule has 0 bridgehead atoms. The van der Waals surface area contributed by atoms with Gasteiger partial charge in [-0.1, -0.05) is 6.07 Å². The molecule has 0 amide bonds. The van der Waals surface area contributed by atoms with Gasteiger partial charge in [-0.3, -0.25) is 10.1 Å².